The fourth-order valence-corrected chi connectivity index (χ4v) is 9.20. The summed E-state index contributed by atoms with van der Waals surface area (Å²) in [4.78, 5) is 42.2. The lowest BCUT2D eigenvalue weighted by molar-refractivity contribution is -0.341. The molecule has 10 atom stereocenters. The van der Waals surface area contributed by atoms with Crippen LogP contribution in [-0.2, 0) is 44.7 Å². The van der Waals surface area contributed by atoms with Gasteiger partial charge < -0.3 is 39.0 Å². The smallest absolute Gasteiger partial charge is 0.312 e. The van der Waals surface area contributed by atoms with Crippen molar-refractivity contribution < 1.29 is 53.4 Å². The maximum atomic E-state index is 14.9. The Labute approximate surface area is 256 Å². The lowest BCUT2D eigenvalue weighted by Crippen LogP contribution is -2.82. The molecule has 44 heavy (non-hydrogen) atoms. The molecule has 3 aliphatic carbocycles. The van der Waals surface area contributed by atoms with E-state index in [2.05, 4.69) is 0 Å². The van der Waals surface area contributed by atoms with Gasteiger partial charge in [0.15, 0.2) is 17.2 Å². The van der Waals surface area contributed by atoms with Crippen molar-refractivity contribution >= 4 is 17.7 Å². The van der Waals surface area contributed by atoms with Crippen LogP contribution in [0.2, 0.25) is 0 Å². The molecule has 2 saturated heterocycles. The molecule has 2 bridgehead atoms. The van der Waals surface area contributed by atoms with Crippen LogP contribution in [0.15, 0.2) is 41.5 Å². The van der Waals surface area contributed by atoms with Crippen LogP contribution in [0.1, 0.15) is 60.5 Å². The molecule has 1 aromatic carbocycles. The zero-order valence-electron chi connectivity index (χ0n) is 26.2. The predicted octanol–water partition coefficient (Wildman–Crippen LogP) is 1.98. The number of hydrogen-bond acceptors (Lipinski definition) is 11. The number of rotatable bonds is 4. The molecule has 1 aromatic rings. The summed E-state index contributed by atoms with van der Waals surface area (Å²) < 4.78 is 31.1. The largest absolute Gasteiger partial charge is 0.461 e. The van der Waals surface area contributed by atoms with Crippen molar-refractivity contribution in [3.63, 3.8) is 0 Å². The van der Waals surface area contributed by atoms with Crippen LogP contribution in [-0.4, -0.2) is 87.2 Å². The number of aliphatic hydroxyl groups excluding tert-OH is 3. The molecule has 4 fully saturated rings. The molecule has 2 saturated carbocycles. The topological polar surface area (TPSA) is 158 Å². The molecular formula is C33H42O11. The van der Waals surface area contributed by atoms with Gasteiger partial charge in [0.05, 0.1) is 24.0 Å². The first kappa shape index (κ1) is 31.3. The third-order valence-electron chi connectivity index (χ3n) is 11.1. The quantitative estimate of drug-likeness (QED) is 0.336. The van der Waals surface area contributed by atoms with Crippen molar-refractivity contribution in [2.24, 2.45) is 22.7 Å². The Hall–Kier alpha value is -2.67. The molecule has 1 spiro atoms. The highest BCUT2D eigenvalue weighted by Crippen LogP contribution is 2.69. The first-order chi connectivity index (χ1) is 20.5. The molecule has 2 heterocycles. The van der Waals surface area contributed by atoms with Gasteiger partial charge in [0.25, 0.3) is 0 Å². The maximum Gasteiger partial charge on any atom is 0.312 e. The van der Waals surface area contributed by atoms with Gasteiger partial charge >= 0.3 is 11.9 Å². The third kappa shape index (κ3) is 3.93. The number of fused-ring (bicyclic) bond motifs is 4. The Morgan fingerprint density at radius 3 is 2.30 bits per heavy atom. The van der Waals surface area contributed by atoms with Crippen molar-refractivity contribution in [3.05, 3.63) is 47.0 Å². The second kappa shape index (κ2) is 9.91. The number of esters is 2. The van der Waals surface area contributed by atoms with Gasteiger partial charge in [-0.05, 0) is 44.4 Å². The number of hydrogen-bond donors (Lipinski definition) is 3. The summed E-state index contributed by atoms with van der Waals surface area (Å²) in [5.41, 5.74) is -5.27. The lowest BCUT2D eigenvalue weighted by Gasteiger charge is -2.68. The van der Waals surface area contributed by atoms with Gasteiger partial charge in [-0.2, -0.15) is 0 Å². The Bertz CT molecular complexity index is 1420. The molecular weight excluding hydrogens is 572 g/mol. The average Bonchev–Trinajstić information content (AvgIpc) is 3.25. The van der Waals surface area contributed by atoms with Crippen molar-refractivity contribution in [1.82, 2.24) is 0 Å². The number of benzene rings is 1. The van der Waals surface area contributed by atoms with E-state index in [4.69, 9.17) is 23.7 Å². The van der Waals surface area contributed by atoms with Crippen LogP contribution in [0.5, 0.6) is 0 Å². The Kier molecular flexibility index (Phi) is 7.06. The van der Waals surface area contributed by atoms with Crippen molar-refractivity contribution in [2.45, 2.75) is 109 Å². The van der Waals surface area contributed by atoms with Crippen LogP contribution in [0.25, 0.3) is 0 Å². The van der Waals surface area contributed by atoms with Crippen molar-refractivity contribution in [1.29, 1.82) is 0 Å². The molecule has 11 heteroatoms. The molecule has 0 amide bonds. The van der Waals surface area contributed by atoms with Gasteiger partial charge in [-0.3, -0.25) is 14.4 Å². The van der Waals surface area contributed by atoms with E-state index in [1.807, 2.05) is 18.2 Å². The summed E-state index contributed by atoms with van der Waals surface area (Å²) in [5, 5.41) is 35.5. The van der Waals surface area contributed by atoms with E-state index in [0.717, 1.165) is 0 Å². The Morgan fingerprint density at radius 1 is 1.05 bits per heavy atom. The SMILES string of the molecule is CC(=O)O[C@@]12CO[C@@H]1C[C@H](O)[C@@]1(C)C(=O)[C@H](O)C3=C(C)[C@@H](O)[C@@H]4OC(C)(C)O[C@]4([C@@H](C(=O)OCc4ccccc4)[C@H]21)C3(C)C. The van der Waals surface area contributed by atoms with Gasteiger partial charge in [0.1, 0.15) is 36.6 Å². The first-order valence-corrected chi connectivity index (χ1v) is 15.1. The number of carbonyl (C=O) groups excluding carboxylic acids is 3. The van der Waals surface area contributed by atoms with Gasteiger partial charge in [-0.15, -0.1) is 0 Å². The standard InChI is InChI=1S/C33H42O11/c1-16-21-24(37)26(38)31(7)19(35)13-20-32(15-41-20,42-17(2)34)25(31)22(28(39)40-14-18-11-9-8-10-12-18)33(29(21,3)4)27(23(16)36)43-30(5,6)44-33/h8-12,19-20,22-25,27,35-37H,13-15H2,1-7H3/t19-,20+,22+,23+,24+,25-,27-,31+,32-,33-/m0/s1. The number of aliphatic hydroxyl groups is 3. The molecule has 5 aliphatic rings. The van der Waals surface area contributed by atoms with E-state index in [9.17, 15) is 29.7 Å². The molecule has 240 valence electrons. The van der Waals surface area contributed by atoms with Crippen LogP contribution < -0.4 is 0 Å². The summed E-state index contributed by atoms with van der Waals surface area (Å²) in [6.45, 7) is 10.9. The third-order valence-corrected chi connectivity index (χ3v) is 11.1. The highest BCUT2D eigenvalue weighted by atomic mass is 16.8. The van der Waals surface area contributed by atoms with Gasteiger partial charge in [-0.25, -0.2) is 0 Å². The molecule has 0 aromatic heterocycles. The zero-order chi connectivity index (χ0) is 32.2. The predicted molar refractivity (Wildman–Crippen MR) is 152 cm³/mol. The summed E-state index contributed by atoms with van der Waals surface area (Å²) in [6, 6.07) is 9.06. The summed E-state index contributed by atoms with van der Waals surface area (Å²) in [7, 11) is 0. The number of carbonyl (C=O) groups is 3. The summed E-state index contributed by atoms with van der Waals surface area (Å²) in [6.07, 6.45) is -6.64. The molecule has 3 N–H and O–H groups in total. The highest BCUT2D eigenvalue weighted by molar-refractivity contribution is 5.94. The van der Waals surface area contributed by atoms with E-state index in [1.165, 1.54) is 13.8 Å². The van der Waals surface area contributed by atoms with Crippen LogP contribution in [0.4, 0.5) is 0 Å². The average molecular weight is 615 g/mol. The normalized spacial score (nSPS) is 43.4. The van der Waals surface area contributed by atoms with E-state index in [0.29, 0.717) is 11.1 Å². The molecule has 0 radical (unpaired) electrons. The zero-order valence-corrected chi connectivity index (χ0v) is 26.2. The van der Waals surface area contributed by atoms with E-state index >= 15 is 0 Å². The van der Waals surface area contributed by atoms with E-state index in [-0.39, 0.29) is 25.2 Å². The minimum atomic E-state index is -1.84. The maximum absolute atomic E-state index is 14.9. The second-order valence-electron chi connectivity index (χ2n) is 14.2. The van der Waals surface area contributed by atoms with Crippen molar-refractivity contribution in [3.8, 4) is 0 Å². The molecule has 2 aliphatic heterocycles. The number of Topliss-reactive ketones (excluding diaryl/α,β-unsaturated/α-hetero) is 1. The van der Waals surface area contributed by atoms with Crippen LogP contribution >= 0.6 is 0 Å². The Morgan fingerprint density at radius 2 is 1.70 bits per heavy atom. The van der Waals surface area contributed by atoms with Crippen LogP contribution in [0.3, 0.4) is 0 Å². The van der Waals surface area contributed by atoms with Crippen LogP contribution in [0, 0.1) is 22.7 Å². The fraction of sp³-hybridized carbons (Fsp3) is 0.667. The fourth-order valence-electron chi connectivity index (χ4n) is 9.20. The van der Waals surface area contributed by atoms with E-state index < -0.39 is 87.9 Å². The lowest BCUT2D eigenvalue weighted by atomic mass is 9.42. The minimum Gasteiger partial charge on any atom is -0.461 e. The number of ether oxygens (including phenoxy) is 5. The molecule has 0 unspecified atom stereocenters. The Balaban J connectivity index is 1.67. The highest BCUT2D eigenvalue weighted by Gasteiger charge is 2.82. The second-order valence-corrected chi connectivity index (χ2v) is 14.2. The molecule has 6 rings (SSSR count). The van der Waals surface area contributed by atoms with Gasteiger partial charge in [0.2, 0.25) is 0 Å². The van der Waals surface area contributed by atoms with Gasteiger partial charge in [-0.1, -0.05) is 44.2 Å². The van der Waals surface area contributed by atoms with Crippen molar-refractivity contribution in [2.75, 3.05) is 6.61 Å². The monoisotopic (exact) mass is 614 g/mol. The molecule has 11 nitrogen and oxygen atoms in total. The number of ketones is 1. The minimum absolute atomic E-state index is 0.0755. The van der Waals surface area contributed by atoms with E-state index in [1.54, 1.807) is 46.8 Å². The first-order valence-electron chi connectivity index (χ1n) is 15.1. The van der Waals surface area contributed by atoms with Gasteiger partial charge in [0, 0.05) is 24.7 Å². The summed E-state index contributed by atoms with van der Waals surface area (Å²) >= 11 is 0. The summed E-state index contributed by atoms with van der Waals surface area (Å²) in [5.74, 6) is -6.30.